The van der Waals surface area contributed by atoms with Crippen LogP contribution in [0.1, 0.15) is 34.3 Å². The summed E-state index contributed by atoms with van der Waals surface area (Å²) in [5.74, 6) is -0.349. The van der Waals surface area contributed by atoms with Gasteiger partial charge in [-0.2, -0.15) is 5.26 Å². The van der Waals surface area contributed by atoms with Crippen molar-refractivity contribution in [2.75, 3.05) is 18.4 Å². The summed E-state index contributed by atoms with van der Waals surface area (Å²) in [7, 11) is 0. The van der Waals surface area contributed by atoms with Gasteiger partial charge in [0, 0.05) is 28.2 Å². The van der Waals surface area contributed by atoms with E-state index in [9.17, 15) is 9.59 Å². The molecule has 6 nitrogen and oxygen atoms in total. The minimum atomic E-state index is -0.376. The summed E-state index contributed by atoms with van der Waals surface area (Å²) in [6.45, 7) is 0.450. The molecular formula is C19H14BrClN4O2. The summed E-state index contributed by atoms with van der Waals surface area (Å²) in [6, 6.07) is 9.03. The van der Waals surface area contributed by atoms with Gasteiger partial charge in [-0.05, 0) is 42.7 Å². The third-order valence-electron chi connectivity index (χ3n) is 4.98. The van der Waals surface area contributed by atoms with E-state index in [0.29, 0.717) is 17.7 Å². The van der Waals surface area contributed by atoms with Crippen LogP contribution in [0.5, 0.6) is 0 Å². The number of carbonyl (C=O) groups is 2. The number of carbonyl (C=O) groups excluding carboxylic acids is 2. The Labute approximate surface area is 169 Å². The molecule has 1 aromatic heterocycles. The monoisotopic (exact) mass is 444 g/mol. The number of amides is 2. The Balaban J connectivity index is 1.52. The molecule has 1 aliphatic carbocycles. The van der Waals surface area contributed by atoms with Gasteiger partial charge in [-0.25, -0.2) is 4.98 Å². The number of anilines is 1. The van der Waals surface area contributed by atoms with Crippen LogP contribution in [0, 0.1) is 11.3 Å². The molecule has 0 bridgehead atoms. The minimum absolute atomic E-state index is 0.0440. The molecule has 1 saturated carbocycles. The maximum absolute atomic E-state index is 12.8. The van der Waals surface area contributed by atoms with Gasteiger partial charge < -0.3 is 10.2 Å². The SMILES string of the molecule is N#Cc1cnc(NC(=O)CN2CC3(CC3)c3cc(Br)ccc3C2=O)c(Cl)c1. The van der Waals surface area contributed by atoms with E-state index in [1.54, 1.807) is 4.90 Å². The van der Waals surface area contributed by atoms with E-state index in [1.165, 1.54) is 12.3 Å². The number of halogens is 2. The quantitative estimate of drug-likeness (QED) is 0.783. The largest absolute Gasteiger partial charge is 0.328 e. The topological polar surface area (TPSA) is 86.1 Å². The highest BCUT2D eigenvalue weighted by molar-refractivity contribution is 9.10. The molecule has 2 aromatic rings. The van der Waals surface area contributed by atoms with E-state index in [4.69, 9.17) is 16.9 Å². The van der Waals surface area contributed by atoms with E-state index in [2.05, 4.69) is 26.2 Å². The Morgan fingerprint density at radius 1 is 1.41 bits per heavy atom. The van der Waals surface area contributed by atoms with E-state index in [1.807, 2.05) is 24.3 Å². The molecule has 2 amide bonds. The Hall–Kier alpha value is -2.43. The van der Waals surface area contributed by atoms with Gasteiger partial charge in [0.2, 0.25) is 5.91 Å². The van der Waals surface area contributed by atoms with Crippen LogP contribution < -0.4 is 5.32 Å². The van der Waals surface area contributed by atoms with Crippen molar-refractivity contribution in [3.8, 4) is 6.07 Å². The third-order valence-corrected chi connectivity index (χ3v) is 5.76. The smallest absolute Gasteiger partial charge is 0.254 e. The summed E-state index contributed by atoms with van der Waals surface area (Å²) in [6.07, 6.45) is 3.34. The van der Waals surface area contributed by atoms with Gasteiger partial charge in [0.1, 0.15) is 12.6 Å². The van der Waals surface area contributed by atoms with E-state index in [-0.39, 0.29) is 34.6 Å². The van der Waals surface area contributed by atoms with Crippen LogP contribution in [-0.2, 0) is 10.2 Å². The van der Waals surface area contributed by atoms with Crippen LogP contribution in [0.3, 0.4) is 0 Å². The molecule has 0 unspecified atom stereocenters. The molecular weight excluding hydrogens is 432 g/mol. The Kier molecular flexibility index (Phi) is 4.41. The maximum atomic E-state index is 12.8. The highest BCUT2D eigenvalue weighted by atomic mass is 79.9. The van der Waals surface area contributed by atoms with Crippen molar-refractivity contribution in [1.82, 2.24) is 9.88 Å². The van der Waals surface area contributed by atoms with Gasteiger partial charge in [-0.3, -0.25) is 9.59 Å². The number of nitrogens with zero attached hydrogens (tertiary/aromatic N) is 3. The fourth-order valence-electron chi connectivity index (χ4n) is 3.48. The summed E-state index contributed by atoms with van der Waals surface area (Å²) >= 11 is 9.52. The van der Waals surface area contributed by atoms with Gasteiger partial charge >= 0.3 is 0 Å². The maximum Gasteiger partial charge on any atom is 0.254 e. The lowest BCUT2D eigenvalue weighted by Gasteiger charge is -2.34. The molecule has 136 valence electrons. The Bertz CT molecular complexity index is 1010. The van der Waals surface area contributed by atoms with Crippen molar-refractivity contribution >= 4 is 45.2 Å². The number of benzene rings is 1. The van der Waals surface area contributed by atoms with Gasteiger partial charge in [-0.1, -0.05) is 27.5 Å². The molecule has 0 saturated heterocycles. The van der Waals surface area contributed by atoms with Crippen molar-refractivity contribution in [3.05, 3.63) is 56.6 Å². The van der Waals surface area contributed by atoms with Crippen LogP contribution in [0.4, 0.5) is 5.82 Å². The fraction of sp³-hybridized carbons (Fsp3) is 0.263. The van der Waals surface area contributed by atoms with E-state index in [0.717, 1.165) is 22.9 Å². The van der Waals surface area contributed by atoms with Crippen LogP contribution >= 0.6 is 27.5 Å². The lowest BCUT2D eigenvalue weighted by atomic mass is 9.86. The van der Waals surface area contributed by atoms with Gasteiger partial charge in [0.05, 0.1) is 10.6 Å². The Morgan fingerprint density at radius 3 is 2.85 bits per heavy atom. The number of pyridine rings is 1. The van der Waals surface area contributed by atoms with Crippen molar-refractivity contribution in [3.63, 3.8) is 0 Å². The van der Waals surface area contributed by atoms with Crippen molar-refractivity contribution in [2.45, 2.75) is 18.3 Å². The summed E-state index contributed by atoms with van der Waals surface area (Å²) in [4.78, 5) is 30.9. The highest BCUT2D eigenvalue weighted by Crippen LogP contribution is 2.52. The van der Waals surface area contributed by atoms with Crippen molar-refractivity contribution < 1.29 is 9.59 Å². The van der Waals surface area contributed by atoms with Gasteiger partial charge in [-0.15, -0.1) is 0 Å². The first kappa shape index (κ1) is 18.0. The average molecular weight is 446 g/mol. The number of fused-ring (bicyclic) bond motifs is 2. The zero-order valence-electron chi connectivity index (χ0n) is 14.1. The highest BCUT2D eigenvalue weighted by Gasteiger charge is 2.51. The zero-order chi connectivity index (χ0) is 19.2. The predicted molar refractivity (Wildman–Crippen MR) is 104 cm³/mol. The first-order valence-corrected chi connectivity index (χ1v) is 9.54. The first-order chi connectivity index (χ1) is 12.9. The number of rotatable bonds is 3. The first-order valence-electron chi connectivity index (χ1n) is 8.37. The molecule has 8 heteroatoms. The normalized spacial score (nSPS) is 16.6. The van der Waals surface area contributed by atoms with Crippen molar-refractivity contribution in [1.29, 1.82) is 5.26 Å². The number of nitriles is 1. The van der Waals surface area contributed by atoms with Gasteiger partial charge in [0.25, 0.3) is 5.91 Å². The molecule has 1 fully saturated rings. The molecule has 1 N–H and O–H groups in total. The summed E-state index contributed by atoms with van der Waals surface area (Å²) in [5.41, 5.74) is 1.99. The molecule has 4 rings (SSSR count). The number of hydrogen-bond acceptors (Lipinski definition) is 4. The lowest BCUT2D eigenvalue weighted by molar-refractivity contribution is -0.117. The molecule has 0 atom stereocenters. The van der Waals surface area contributed by atoms with Crippen molar-refractivity contribution in [2.24, 2.45) is 0 Å². The van der Waals surface area contributed by atoms with Gasteiger partial charge in [0.15, 0.2) is 5.82 Å². The third kappa shape index (κ3) is 3.31. The Morgan fingerprint density at radius 2 is 2.19 bits per heavy atom. The second-order valence-corrected chi connectivity index (χ2v) is 8.17. The van der Waals surface area contributed by atoms with Crippen LogP contribution in [0.2, 0.25) is 5.02 Å². The molecule has 1 aromatic carbocycles. The molecule has 1 aliphatic heterocycles. The average Bonchev–Trinajstić information content (AvgIpc) is 3.41. The second-order valence-electron chi connectivity index (χ2n) is 6.85. The van der Waals surface area contributed by atoms with E-state index >= 15 is 0 Å². The fourth-order valence-corrected chi connectivity index (χ4v) is 4.05. The molecule has 2 heterocycles. The minimum Gasteiger partial charge on any atom is -0.328 e. The number of hydrogen-bond donors (Lipinski definition) is 1. The summed E-state index contributed by atoms with van der Waals surface area (Å²) < 4.78 is 0.952. The van der Waals surface area contributed by atoms with Crippen LogP contribution in [0.15, 0.2) is 34.9 Å². The van der Waals surface area contributed by atoms with Crippen LogP contribution in [0.25, 0.3) is 0 Å². The number of nitrogens with one attached hydrogen (secondary N) is 1. The number of aromatic nitrogens is 1. The summed E-state index contributed by atoms with van der Waals surface area (Å²) in [5, 5.41) is 11.6. The standard InChI is InChI=1S/C19H14BrClN4O2/c20-12-1-2-13-14(6-12)19(3-4-19)10-25(18(13)27)9-16(26)24-17-15(21)5-11(7-22)8-23-17/h1-2,5-6,8H,3-4,9-10H2,(H,23,24,26). The molecule has 0 radical (unpaired) electrons. The molecule has 2 aliphatic rings. The molecule has 27 heavy (non-hydrogen) atoms. The lowest BCUT2D eigenvalue weighted by Crippen LogP contribution is -2.46. The zero-order valence-corrected chi connectivity index (χ0v) is 16.5. The molecule has 1 spiro atoms. The second kappa shape index (κ2) is 6.63. The predicted octanol–water partition coefficient (Wildman–Crippen LogP) is 3.50. The van der Waals surface area contributed by atoms with E-state index < -0.39 is 0 Å². The van der Waals surface area contributed by atoms with Crippen LogP contribution in [-0.4, -0.2) is 34.8 Å².